The predicted octanol–water partition coefficient (Wildman–Crippen LogP) is 3.12. The Morgan fingerprint density at radius 2 is 1.71 bits per heavy atom. The van der Waals surface area contributed by atoms with Gasteiger partial charge in [0.15, 0.2) is 5.43 Å². The number of fused-ring (bicyclic) bond motifs is 2. The van der Waals surface area contributed by atoms with Gasteiger partial charge < -0.3 is 9.15 Å². The van der Waals surface area contributed by atoms with Gasteiger partial charge in [0.25, 0.3) is 5.91 Å². The standard InChI is InChI=1S/C23H15N3O5/c1-30-22(29)14-9-7-13(8-10-14)18-17-19(27)15-5-2-3-6-16(15)31-20(17)21(28)26(18)23-24-11-4-12-25-23/h2-12,18H,1H3/t18-/m1/s1. The van der Waals surface area contributed by atoms with E-state index in [0.717, 1.165) is 0 Å². The zero-order valence-corrected chi connectivity index (χ0v) is 16.3. The summed E-state index contributed by atoms with van der Waals surface area (Å²) in [5, 5.41) is 0.376. The molecule has 3 heterocycles. The van der Waals surface area contributed by atoms with Gasteiger partial charge in [-0.3, -0.25) is 14.5 Å². The predicted molar refractivity (Wildman–Crippen MR) is 111 cm³/mol. The van der Waals surface area contributed by atoms with Gasteiger partial charge in [-0.1, -0.05) is 24.3 Å². The van der Waals surface area contributed by atoms with Gasteiger partial charge in [0.05, 0.1) is 29.7 Å². The molecule has 0 aliphatic carbocycles. The molecule has 0 saturated heterocycles. The van der Waals surface area contributed by atoms with Crippen LogP contribution < -0.4 is 10.3 Å². The summed E-state index contributed by atoms with van der Waals surface area (Å²) in [5.41, 5.74) is 1.20. The number of esters is 1. The number of amides is 1. The molecule has 31 heavy (non-hydrogen) atoms. The second-order valence-electron chi connectivity index (χ2n) is 6.91. The van der Waals surface area contributed by atoms with E-state index in [4.69, 9.17) is 9.15 Å². The molecule has 2 aromatic heterocycles. The van der Waals surface area contributed by atoms with Crippen LogP contribution in [0, 0.1) is 0 Å². The first kappa shape index (κ1) is 18.7. The van der Waals surface area contributed by atoms with E-state index in [0.29, 0.717) is 22.1 Å². The Morgan fingerprint density at radius 1 is 1.00 bits per heavy atom. The molecule has 5 rings (SSSR count). The minimum Gasteiger partial charge on any atom is -0.465 e. The third kappa shape index (κ3) is 2.88. The van der Waals surface area contributed by atoms with Crippen LogP contribution in [0.5, 0.6) is 0 Å². The summed E-state index contributed by atoms with van der Waals surface area (Å²) in [5.74, 6) is -0.892. The number of hydrogen-bond acceptors (Lipinski definition) is 7. The van der Waals surface area contributed by atoms with Crippen molar-refractivity contribution in [1.82, 2.24) is 9.97 Å². The number of nitrogens with zero attached hydrogens (tertiary/aromatic N) is 3. The number of anilines is 1. The molecule has 8 heteroatoms. The fourth-order valence-electron chi connectivity index (χ4n) is 3.78. The molecule has 2 aromatic carbocycles. The molecule has 0 unspecified atom stereocenters. The van der Waals surface area contributed by atoms with E-state index < -0.39 is 17.9 Å². The molecule has 0 radical (unpaired) electrons. The van der Waals surface area contributed by atoms with Gasteiger partial charge in [0.2, 0.25) is 11.7 Å². The summed E-state index contributed by atoms with van der Waals surface area (Å²) >= 11 is 0. The average molecular weight is 413 g/mol. The Morgan fingerprint density at radius 3 is 2.42 bits per heavy atom. The highest BCUT2D eigenvalue weighted by Crippen LogP contribution is 2.39. The lowest BCUT2D eigenvalue weighted by molar-refractivity contribution is 0.0600. The average Bonchev–Trinajstić information content (AvgIpc) is 3.12. The Bertz CT molecular complexity index is 1380. The maximum Gasteiger partial charge on any atom is 0.337 e. The molecule has 1 aliphatic rings. The topological polar surface area (TPSA) is 103 Å². The fraction of sp³-hybridized carbons (Fsp3) is 0.0870. The highest BCUT2D eigenvalue weighted by atomic mass is 16.5. The van der Waals surface area contributed by atoms with Crippen molar-refractivity contribution in [3.63, 3.8) is 0 Å². The number of hydrogen-bond donors (Lipinski definition) is 0. The van der Waals surface area contributed by atoms with E-state index in [2.05, 4.69) is 9.97 Å². The lowest BCUT2D eigenvalue weighted by Gasteiger charge is -2.23. The van der Waals surface area contributed by atoms with Crippen molar-refractivity contribution >= 4 is 28.8 Å². The maximum absolute atomic E-state index is 13.4. The van der Waals surface area contributed by atoms with Gasteiger partial charge in [0, 0.05) is 12.4 Å². The summed E-state index contributed by atoms with van der Waals surface area (Å²) in [6, 6.07) is 14.1. The van der Waals surface area contributed by atoms with Crippen LogP contribution in [0.1, 0.15) is 38.1 Å². The zero-order valence-electron chi connectivity index (χ0n) is 16.3. The summed E-state index contributed by atoms with van der Waals surface area (Å²) in [6.07, 6.45) is 3.03. The lowest BCUT2D eigenvalue weighted by Crippen LogP contribution is -2.31. The van der Waals surface area contributed by atoms with Gasteiger partial charge >= 0.3 is 5.97 Å². The molecule has 152 valence electrons. The van der Waals surface area contributed by atoms with Crippen molar-refractivity contribution < 1.29 is 18.7 Å². The minimum absolute atomic E-state index is 0.0433. The number of methoxy groups -OCH3 is 1. The van der Waals surface area contributed by atoms with Crippen LogP contribution in [-0.2, 0) is 4.74 Å². The highest BCUT2D eigenvalue weighted by Gasteiger charge is 2.44. The number of ether oxygens (including phenoxy) is 1. The molecule has 0 spiro atoms. The molecule has 4 aromatic rings. The molecule has 1 amide bonds. The lowest BCUT2D eigenvalue weighted by atomic mass is 9.97. The van der Waals surface area contributed by atoms with Crippen LogP contribution in [0.25, 0.3) is 11.0 Å². The molecular formula is C23H15N3O5. The second-order valence-corrected chi connectivity index (χ2v) is 6.91. The molecular weight excluding hydrogens is 398 g/mol. The van der Waals surface area contributed by atoms with Gasteiger partial charge in [-0.15, -0.1) is 0 Å². The van der Waals surface area contributed by atoms with E-state index in [9.17, 15) is 14.4 Å². The van der Waals surface area contributed by atoms with Crippen molar-refractivity contribution in [2.45, 2.75) is 6.04 Å². The van der Waals surface area contributed by atoms with Crippen molar-refractivity contribution in [3.8, 4) is 0 Å². The monoisotopic (exact) mass is 413 g/mol. The normalized spacial score (nSPS) is 15.2. The summed E-state index contributed by atoms with van der Waals surface area (Å²) in [4.78, 5) is 48.3. The first-order chi connectivity index (χ1) is 15.1. The Hall–Kier alpha value is -4.33. The number of rotatable bonds is 3. The van der Waals surface area contributed by atoms with E-state index >= 15 is 0 Å². The molecule has 0 N–H and O–H groups in total. The van der Waals surface area contributed by atoms with Crippen molar-refractivity contribution in [3.05, 3.63) is 99.7 Å². The smallest absolute Gasteiger partial charge is 0.337 e. The van der Waals surface area contributed by atoms with Crippen LogP contribution in [0.3, 0.4) is 0 Å². The second kappa shape index (κ2) is 7.17. The summed E-state index contributed by atoms with van der Waals surface area (Å²) in [6.45, 7) is 0. The summed E-state index contributed by atoms with van der Waals surface area (Å²) in [7, 11) is 1.30. The number of benzene rings is 2. The Kier molecular flexibility index (Phi) is 4.32. The Labute approximate surface area is 175 Å². The first-order valence-corrected chi connectivity index (χ1v) is 9.44. The molecule has 8 nitrogen and oxygen atoms in total. The van der Waals surface area contributed by atoms with E-state index in [1.807, 2.05) is 0 Å². The van der Waals surface area contributed by atoms with E-state index in [1.165, 1.54) is 24.4 Å². The SMILES string of the molecule is COC(=O)c1ccc([C@@H]2c3c(oc4ccccc4c3=O)C(=O)N2c2ncccn2)cc1. The van der Waals surface area contributed by atoms with Crippen LogP contribution >= 0.6 is 0 Å². The van der Waals surface area contributed by atoms with Gasteiger partial charge in [-0.25, -0.2) is 14.8 Å². The summed E-state index contributed by atoms with van der Waals surface area (Å²) < 4.78 is 10.6. The van der Waals surface area contributed by atoms with Gasteiger partial charge in [0.1, 0.15) is 5.58 Å². The van der Waals surface area contributed by atoms with Gasteiger partial charge in [-0.2, -0.15) is 0 Å². The van der Waals surface area contributed by atoms with Crippen LogP contribution in [0.15, 0.2) is 76.2 Å². The molecule has 1 atom stereocenters. The van der Waals surface area contributed by atoms with Crippen molar-refractivity contribution in [1.29, 1.82) is 0 Å². The number of carbonyl (C=O) groups excluding carboxylic acids is 2. The van der Waals surface area contributed by atoms with Crippen LogP contribution in [0.4, 0.5) is 5.95 Å². The maximum atomic E-state index is 13.4. The number of para-hydroxylation sites is 1. The zero-order chi connectivity index (χ0) is 21.5. The third-order valence-electron chi connectivity index (χ3n) is 5.19. The molecule has 1 aliphatic heterocycles. The third-order valence-corrected chi connectivity index (χ3v) is 5.19. The van der Waals surface area contributed by atoms with Crippen molar-refractivity contribution in [2.24, 2.45) is 0 Å². The van der Waals surface area contributed by atoms with Crippen LogP contribution in [0.2, 0.25) is 0 Å². The number of aromatic nitrogens is 2. The van der Waals surface area contributed by atoms with Crippen molar-refractivity contribution in [2.75, 3.05) is 12.0 Å². The number of carbonyl (C=O) groups is 2. The largest absolute Gasteiger partial charge is 0.465 e. The molecule has 0 bridgehead atoms. The Balaban J connectivity index is 1.75. The first-order valence-electron chi connectivity index (χ1n) is 9.44. The van der Waals surface area contributed by atoms with E-state index in [1.54, 1.807) is 54.6 Å². The minimum atomic E-state index is -0.808. The molecule has 0 saturated carbocycles. The van der Waals surface area contributed by atoms with Crippen LogP contribution in [-0.4, -0.2) is 29.0 Å². The highest BCUT2D eigenvalue weighted by molar-refractivity contribution is 6.09. The molecule has 0 fully saturated rings. The van der Waals surface area contributed by atoms with E-state index in [-0.39, 0.29) is 22.7 Å². The fourth-order valence-corrected chi connectivity index (χ4v) is 3.78. The van der Waals surface area contributed by atoms with Gasteiger partial charge in [-0.05, 0) is 35.9 Å². The quantitative estimate of drug-likeness (QED) is 0.476.